The van der Waals surface area contributed by atoms with E-state index in [-0.39, 0.29) is 0 Å². The molecule has 26 heavy (non-hydrogen) atoms. The molecule has 0 saturated heterocycles. The fourth-order valence-corrected chi connectivity index (χ4v) is 4.57. The van der Waals surface area contributed by atoms with Gasteiger partial charge in [-0.3, -0.25) is 0 Å². The average molecular weight is 353 g/mol. The Bertz CT molecular complexity index is 1170. The molecular formula is C23H15NOS. The molecular weight excluding hydrogens is 338 g/mol. The van der Waals surface area contributed by atoms with Gasteiger partial charge in [0.15, 0.2) is 0 Å². The molecule has 0 atom stereocenters. The standard InChI is InChI=1S/C23H15NOS/c1-3-9-16(10-4-1)20-15-25-24-21(20)23-19-14-8-7-13-18(19)22(26-23)17-11-5-2-6-12-17/h1-15H. The second kappa shape index (κ2) is 6.28. The highest BCUT2D eigenvalue weighted by molar-refractivity contribution is 7.21. The number of rotatable bonds is 3. The van der Waals surface area contributed by atoms with Crippen molar-refractivity contribution in [3.8, 4) is 32.1 Å². The summed E-state index contributed by atoms with van der Waals surface area (Å²) in [5, 5.41) is 6.82. The first-order valence-corrected chi connectivity index (χ1v) is 9.30. The minimum Gasteiger partial charge on any atom is -0.363 e. The van der Waals surface area contributed by atoms with Crippen molar-refractivity contribution in [1.29, 1.82) is 0 Å². The summed E-state index contributed by atoms with van der Waals surface area (Å²) in [7, 11) is 0. The van der Waals surface area contributed by atoms with Crippen molar-refractivity contribution < 1.29 is 4.52 Å². The van der Waals surface area contributed by atoms with E-state index in [9.17, 15) is 0 Å². The molecule has 0 aliphatic carbocycles. The molecule has 0 amide bonds. The van der Waals surface area contributed by atoms with Gasteiger partial charge in [0.05, 0.1) is 10.4 Å². The van der Waals surface area contributed by atoms with Crippen LogP contribution in [-0.2, 0) is 0 Å². The molecule has 0 aliphatic rings. The summed E-state index contributed by atoms with van der Waals surface area (Å²) in [5.41, 5.74) is 4.27. The van der Waals surface area contributed by atoms with Gasteiger partial charge in [0.2, 0.25) is 0 Å². The van der Waals surface area contributed by atoms with Crippen molar-refractivity contribution >= 4 is 22.1 Å². The van der Waals surface area contributed by atoms with E-state index in [1.54, 1.807) is 17.6 Å². The zero-order valence-electron chi connectivity index (χ0n) is 13.9. The summed E-state index contributed by atoms with van der Waals surface area (Å²) in [5.74, 6) is 0. The molecule has 124 valence electrons. The number of hydrogen-bond acceptors (Lipinski definition) is 3. The van der Waals surface area contributed by atoms with Gasteiger partial charge in [-0.15, -0.1) is 11.3 Å². The molecule has 0 saturated carbocycles. The van der Waals surface area contributed by atoms with E-state index in [4.69, 9.17) is 4.52 Å². The Balaban J connectivity index is 1.76. The maximum atomic E-state index is 5.38. The monoisotopic (exact) mass is 353 g/mol. The number of hydrogen-bond donors (Lipinski definition) is 0. The lowest BCUT2D eigenvalue weighted by Gasteiger charge is -2.00. The van der Waals surface area contributed by atoms with Gasteiger partial charge >= 0.3 is 0 Å². The van der Waals surface area contributed by atoms with E-state index in [1.165, 1.54) is 21.2 Å². The fourth-order valence-electron chi connectivity index (χ4n) is 3.29. The topological polar surface area (TPSA) is 26.0 Å². The second-order valence-electron chi connectivity index (χ2n) is 6.11. The first kappa shape index (κ1) is 15.1. The van der Waals surface area contributed by atoms with E-state index >= 15 is 0 Å². The van der Waals surface area contributed by atoms with Gasteiger partial charge in [0.25, 0.3) is 0 Å². The van der Waals surface area contributed by atoms with Gasteiger partial charge in [-0.25, -0.2) is 0 Å². The average Bonchev–Trinajstić information content (AvgIpc) is 3.34. The van der Waals surface area contributed by atoms with Crippen LogP contribution >= 0.6 is 11.3 Å². The number of benzene rings is 3. The van der Waals surface area contributed by atoms with Crippen molar-refractivity contribution in [2.24, 2.45) is 0 Å². The molecule has 2 aromatic heterocycles. The van der Waals surface area contributed by atoms with Gasteiger partial charge < -0.3 is 4.52 Å². The Kier molecular flexibility index (Phi) is 3.65. The first-order valence-electron chi connectivity index (χ1n) is 8.49. The van der Waals surface area contributed by atoms with Gasteiger partial charge in [-0.2, -0.15) is 0 Å². The number of aromatic nitrogens is 1. The molecule has 3 aromatic carbocycles. The highest BCUT2D eigenvalue weighted by atomic mass is 32.1. The summed E-state index contributed by atoms with van der Waals surface area (Å²) in [4.78, 5) is 2.41. The van der Waals surface area contributed by atoms with Crippen LogP contribution in [0.25, 0.3) is 42.9 Å². The number of nitrogens with zero attached hydrogens (tertiary/aromatic N) is 1. The maximum Gasteiger partial charge on any atom is 0.132 e. The van der Waals surface area contributed by atoms with Crippen LogP contribution < -0.4 is 0 Å². The van der Waals surface area contributed by atoms with Crippen molar-refractivity contribution in [3.63, 3.8) is 0 Å². The Hall–Kier alpha value is -3.17. The SMILES string of the molecule is c1ccc(-c2conc2-c2sc(-c3ccccc3)c3ccccc23)cc1. The first-order chi connectivity index (χ1) is 12.9. The molecule has 0 unspecified atom stereocenters. The number of fused-ring (bicyclic) bond motifs is 1. The second-order valence-corrected chi connectivity index (χ2v) is 7.14. The largest absolute Gasteiger partial charge is 0.363 e. The molecule has 5 aromatic rings. The lowest BCUT2D eigenvalue weighted by atomic mass is 10.0. The third kappa shape index (κ3) is 2.45. The van der Waals surface area contributed by atoms with Gasteiger partial charge in [0.1, 0.15) is 12.0 Å². The van der Waals surface area contributed by atoms with Gasteiger partial charge in [0, 0.05) is 15.6 Å². The van der Waals surface area contributed by atoms with Crippen LogP contribution in [0.2, 0.25) is 0 Å². The molecule has 3 heteroatoms. The van der Waals surface area contributed by atoms with E-state index in [0.29, 0.717) is 0 Å². The minimum absolute atomic E-state index is 0.902. The highest BCUT2D eigenvalue weighted by Gasteiger charge is 2.19. The summed E-state index contributed by atoms with van der Waals surface area (Å²) in [6, 6.07) is 29.3. The summed E-state index contributed by atoms with van der Waals surface area (Å²) in [6.45, 7) is 0. The molecule has 0 radical (unpaired) electrons. The molecule has 0 N–H and O–H groups in total. The minimum atomic E-state index is 0.902. The third-order valence-electron chi connectivity index (χ3n) is 4.53. The summed E-state index contributed by atoms with van der Waals surface area (Å²) < 4.78 is 5.38. The van der Waals surface area contributed by atoms with Crippen molar-refractivity contribution in [2.75, 3.05) is 0 Å². The van der Waals surface area contributed by atoms with E-state index in [2.05, 4.69) is 65.8 Å². The molecule has 0 spiro atoms. The predicted octanol–water partition coefficient (Wildman–Crippen LogP) is 6.89. The lowest BCUT2D eigenvalue weighted by Crippen LogP contribution is -1.79. The van der Waals surface area contributed by atoms with Crippen LogP contribution in [-0.4, -0.2) is 5.16 Å². The van der Waals surface area contributed by atoms with Crippen LogP contribution in [0.4, 0.5) is 0 Å². The molecule has 2 heterocycles. The van der Waals surface area contributed by atoms with Crippen LogP contribution in [0, 0.1) is 0 Å². The maximum absolute atomic E-state index is 5.38. The number of thiophene rings is 1. The van der Waals surface area contributed by atoms with Crippen LogP contribution in [0.5, 0.6) is 0 Å². The van der Waals surface area contributed by atoms with Crippen molar-refractivity contribution in [3.05, 3.63) is 91.2 Å². The zero-order valence-corrected chi connectivity index (χ0v) is 14.7. The van der Waals surface area contributed by atoms with Crippen LogP contribution in [0.1, 0.15) is 0 Å². The Morgan fingerprint density at radius 3 is 1.88 bits per heavy atom. The third-order valence-corrected chi connectivity index (χ3v) is 5.80. The Morgan fingerprint density at radius 2 is 1.19 bits per heavy atom. The molecule has 0 aliphatic heterocycles. The molecule has 5 rings (SSSR count). The van der Waals surface area contributed by atoms with E-state index < -0.39 is 0 Å². The van der Waals surface area contributed by atoms with Crippen LogP contribution in [0.15, 0.2) is 95.7 Å². The zero-order chi connectivity index (χ0) is 17.3. The normalized spacial score (nSPS) is 11.1. The fraction of sp³-hybridized carbons (Fsp3) is 0. The molecule has 0 bridgehead atoms. The van der Waals surface area contributed by atoms with Crippen molar-refractivity contribution in [1.82, 2.24) is 5.16 Å². The lowest BCUT2D eigenvalue weighted by molar-refractivity contribution is 0.423. The summed E-state index contributed by atoms with van der Waals surface area (Å²) in [6.07, 6.45) is 1.74. The smallest absolute Gasteiger partial charge is 0.132 e. The van der Waals surface area contributed by atoms with Crippen molar-refractivity contribution in [2.45, 2.75) is 0 Å². The predicted molar refractivity (Wildman–Crippen MR) is 108 cm³/mol. The van der Waals surface area contributed by atoms with Gasteiger partial charge in [-0.1, -0.05) is 90.1 Å². The van der Waals surface area contributed by atoms with E-state index in [1.807, 2.05) is 24.3 Å². The highest BCUT2D eigenvalue weighted by Crippen LogP contribution is 2.45. The molecule has 0 fully saturated rings. The Morgan fingerprint density at radius 1 is 0.615 bits per heavy atom. The van der Waals surface area contributed by atoms with Crippen LogP contribution in [0.3, 0.4) is 0 Å². The Labute approximate surface area is 155 Å². The van der Waals surface area contributed by atoms with Gasteiger partial charge in [-0.05, 0) is 11.1 Å². The molecule has 2 nitrogen and oxygen atoms in total. The summed E-state index contributed by atoms with van der Waals surface area (Å²) >= 11 is 1.77. The van der Waals surface area contributed by atoms with E-state index in [0.717, 1.165) is 21.7 Å². The quantitative estimate of drug-likeness (QED) is 0.353.